The number of nitrogens with zero attached hydrogens (tertiary/aromatic N) is 2. The molecule has 0 N–H and O–H groups in total. The van der Waals surface area contributed by atoms with Gasteiger partial charge >= 0.3 is 6.36 Å². The molecular formula is C7H2F3IN2O. The number of halogens is 4. The van der Waals surface area contributed by atoms with Crippen molar-refractivity contribution >= 4 is 22.6 Å². The number of ether oxygens (including phenoxy) is 1. The van der Waals surface area contributed by atoms with E-state index >= 15 is 0 Å². The SMILES string of the molecule is N#Cc1cc(I)nc(OC(F)(F)F)c1. The highest BCUT2D eigenvalue weighted by atomic mass is 127. The van der Waals surface area contributed by atoms with Gasteiger partial charge in [-0.2, -0.15) is 5.26 Å². The molecule has 0 aliphatic carbocycles. The average Bonchev–Trinajstić information content (AvgIpc) is 1.99. The van der Waals surface area contributed by atoms with Crippen molar-refractivity contribution in [2.75, 3.05) is 0 Å². The van der Waals surface area contributed by atoms with Crippen LogP contribution in [0.3, 0.4) is 0 Å². The summed E-state index contributed by atoms with van der Waals surface area (Å²) in [5, 5.41) is 8.47. The number of rotatable bonds is 1. The van der Waals surface area contributed by atoms with Gasteiger partial charge in [-0.1, -0.05) is 0 Å². The summed E-state index contributed by atoms with van der Waals surface area (Å²) < 4.78 is 39.1. The molecule has 0 radical (unpaired) electrons. The highest BCUT2D eigenvalue weighted by molar-refractivity contribution is 14.1. The van der Waals surface area contributed by atoms with Crippen molar-refractivity contribution in [3.05, 3.63) is 21.4 Å². The third-order valence-corrected chi connectivity index (χ3v) is 1.67. The fraction of sp³-hybridized carbons (Fsp3) is 0.143. The van der Waals surface area contributed by atoms with Gasteiger partial charge in [0.05, 0.1) is 11.6 Å². The molecule has 0 atom stereocenters. The zero-order valence-corrected chi connectivity index (χ0v) is 8.63. The Morgan fingerprint density at radius 2 is 2.07 bits per heavy atom. The number of nitriles is 1. The van der Waals surface area contributed by atoms with Gasteiger partial charge in [0.15, 0.2) is 0 Å². The Morgan fingerprint density at radius 1 is 1.43 bits per heavy atom. The molecule has 7 heteroatoms. The van der Waals surface area contributed by atoms with E-state index in [4.69, 9.17) is 5.26 Å². The first-order chi connectivity index (χ1) is 6.40. The largest absolute Gasteiger partial charge is 0.574 e. The van der Waals surface area contributed by atoms with Crippen LogP contribution in [0.1, 0.15) is 5.56 Å². The van der Waals surface area contributed by atoms with E-state index in [2.05, 4.69) is 9.72 Å². The van der Waals surface area contributed by atoms with Crippen LogP contribution < -0.4 is 4.74 Å². The lowest BCUT2D eigenvalue weighted by Gasteiger charge is -2.07. The zero-order valence-electron chi connectivity index (χ0n) is 6.47. The Balaban J connectivity index is 3.00. The Kier molecular flexibility index (Phi) is 3.15. The molecule has 14 heavy (non-hydrogen) atoms. The summed E-state index contributed by atoms with van der Waals surface area (Å²) in [5.41, 5.74) is 0.0728. The summed E-state index contributed by atoms with van der Waals surface area (Å²) in [4.78, 5) is 3.46. The number of hydrogen-bond acceptors (Lipinski definition) is 3. The number of pyridine rings is 1. The van der Waals surface area contributed by atoms with Crippen LogP contribution in [0, 0.1) is 15.0 Å². The molecule has 1 heterocycles. The van der Waals surface area contributed by atoms with Crippen molar-refractivity contribution in [3.63, 3.8) is 0 Å². The third kappa shape index (κ3) is 3.37. The van der Waals surface area contributed by atoms with E-state index in [1.54, 1.807) is 28.7 Å². The van der Waals surface area contributed by atoms with Gasteiger partial charge in [-0.3, -0.25) is 0 Å². The molecule has 0 aromatic carbocycles. The van der Waals surface area contributed by atoms with E-state index in [9.17, 15) is 13.2 Å². The highest BCUT2D eigenvalue weighted by Gasteiger charge is 2.32. The maximum Gasteiger partial charge on any atom is 0.574 e. The van der Waals surface area contributed by atoms with Crippen molar-refractivity contribution in [3.8, 4) is 11.9 Å². The minimum Gasteiger partial charge on any atom is -0.388 e. The highest BCUT2D eigenvalue weighted by Crippen LogP contribution is 2.22. The zero-order chi connectivity index (χ0) is 10.8. The molecule has 74 valence electrons. The molecule has 0 fully saturated rings. The molecule has 0 aliphatic rings. The summed E-state index contributed by atoms with van der Waals surface area (Å²) in [6.07, 6.45) is -4.79. The molecule has 1 rings (SSSR count). The topological polar surface area (TPSA) is 45.9 Å². The second-order valence-electron chi connectivity index (χ2n) is 2.18. The first kappa shape index (κ1) is 11.0. The van der Waals surface area contributed by atoms with E-state index in [0.717, 1.165) is 6.07 Å². The molecule has 0 saturated carbocycles. The Morgan fingerprint density at radius 3 is 2.57 bits per heavy atom. The first-order valence-electron chi connectivity index (χ1n) is 3.24. The molecule has 1 aromatic rings. The molecular weight excluding hydrogens is 312 g/mol. The predicted molar refractivity (Wildman–Crippen MR) is 48.4 cm³/mol. The maximum absolute atomic E-state index is 11.8. The molecule has 1 aromatic heterocycles. The van der Waals surface area contributed by atoms with Gasteiger partial charge in [-0.15, -0.1) is 13.2 Å². The number of alkyl halides is 3. The van der Waals surface area contributed by atoms with Crippen LogP contribution in [-0.2, 0) is 0 Å². The summed E-state index contributed by atoms with van der Waals surface area (Å²) in [5.74, 6) is -0.624. The van der Waals surface area contributed by atoms with Gasteiger partial charge < -0.3 is 4.74 Å². The summed E-state index contributed by atoms with van der Waals surface area (Å²) in [7, 11) is 0. The first-order valence-corrected chi connectivity index (χ1v) is 4.32. The van der Waals surface area contributed by atoms with E-state index in [1.807, 2.05) is 0 Å². The van der Waals surface area contributed by atoms with E-state index < -0.39 is 12.2 Å². The fourth-order valence-electron chi connectivity index (χ4n) is 0.708. The molecule has 0 spiro atoms. The van der Waals surface area contributed by atoms with Crippen LogP contribution in [0.25, 0.3) is 0 Å². The van der Waals surface area contributed by atoms with Gasteiger partial charge in [0.2, 0.25) is 5.88 Å². The van der Waals surface area contributed by atoms with E-state index in [0.29, 0.717) is 0 Å². The minimum atomic E-state index is -4.79. The summed E-state index contributed by atoms with van der Waals surface area (Å²) >= 11 is 1.70. The van der Waals surface area contributed by atoms with Crippen molar-refractivity contribution in [2.45, 2.75) is 6.36 Å². The van der Waals surface area contributed by atoms with Gasteiger partial charge in [-0.25, -0.2) is 4.98 Å². The van der Waals surface area contributed by atoms with Crippen LogP contribution >= 0.6 is 22.6 Å². The number of aromatic nitrogens is 1. The van der Waals surface area contributed by atoms with Crippen LogP contribution in [0.2, 0.25) is 0 Å². The normalized spacial score (nSPS) is 10.8. The smallest absolute Gasteiger partial charge is 0.388 e. The minimum absolute atomic E-state index is 0.0728. The lowest BCUT2D eigenvalue weighted by atomic mass is 10.3. The molecule has 0 saturated heterocycles. The summed E-state index contributed by atoms with van der Waals surface area (Å²) in [6, 6.07) is 3.98. The van der Waals surface area contributed by atoms with E-state index in [-0.39, 0.29) is 9.26 Å². The second kappa shape index (κ2) is 4.00. The molecule has 0 unspecified atom stereocenters. The summed E-state index contributed by atoms with van der Waals surface area (Å²) in [6.45, 7) is 0. The Hall–Kier alpha value is -1.04. The van der Waals surface area contributed by atoms with Gasteiger partial charge in [-0.05, 0) is 28.7 Å². The predicted octanol–water partition coefficient (Wildman–Crippen LogP) is 2.46. The van der Waals surface area contributed by atoms with Crippen molar-refractivity contribution in [1.29, 1.82) is 5.26 Å². The molecule has 0 bridgehead atoms. The standard InChI is InChI=1S/C7H2F3IN2O/c8-7(9,10)14-6-2-4(3-12)1-5(11)13-6/h1-2H. The van der Waals surface area contributed by atoms with Gasteiger partial charge in [0.25, 0.3) is 0 Å². The van der Waals surface area contributed by atoms with Crippen LogP contribution in [0.4, 0.5) is 13.2 Å². The molecule has 0 amide bonds. The fourth-order valence-corrected chi connectivity index (χ4v) is 1.28. The average molecular weight is 314 g/mol. The lowest BCUT2D eigenvalue weighted by Crippen LogP contribution is -2.18. The molecule has 0 aliphatic heterocycles. The van der Waals surface area contributed by atoms with Crippen molar-refractivity contribution < 1.29 is 17.9 Å². The monoisotopic (exact) mass is 314 g/mol. The van der Waals surface area contributed by atoms with Crippen LogP contribution in [0.5, 0.6) is 5.88 Å². The molecule has 3 nitrogen and oxygen atoms in total. The van der Waals surface area contributed by atoms with Crippen molar-refractivity contribution in [2.24, 2.45) is 0 Å². The Bertz CT molecular complexity index is 386. The van der Waals surface area contributed by atoms with Gasteiger partial charge in [0.1, 0.15) is 3.70 Å². The Labute approximate surface area is 90.6 Å². The van der Waals surface area contributed by atoms with Gasteiger partial charge in [0, 0.05) is 6.07 Å². The maximum atomic E-state index is 11.8. The van der Waals surface area contributed by atoms with Crippen LogP contribution in [-0.4, -0.2) is 11.3 Å². The second-order valence-corrected chi connectivity index (χ2v) is 3.28. The lowest BCUT2D eigenvalue weighted by molar-refractivity contribution is -0.276. The number of hydrogen-bond donors (Lipinski definition) is 0. The van der Waals surface area contributed by atoms with E-state index in [1.165, 1.54) is 6.07 Å². The van der Waals surface area contributed by atoms with Crippen LogP contribution in [0.15, 0.2) is 12.1 Å². The third-order valence-electron chi connectivity index (χ3n) is 1.12. The van der Waals surface area contributed by atoms with Crippen molar-refractivity contribution in [1.82, 2.24) is 4.98 Å². The quantitative estimate of drug-likeness (QED) is 0.591.